The average molecular weight is 646 g/mol. The van der Waals surface area contributed by atoms with Crippen LogP contribution in [0.1, 0.15) is 11.1 Å². The number of aromatic nitrogens is 5. The van der Waals surface area contributed by atoms with Gasteiger partial charge in [-0.1, -0.05) is 42.5 Å². The summed E-state index contributed by atoms with van der Waals surface area (Å²) in [5.74, 6) is -0.605. The molecule has 12 heteroatoms. The molecule has 0 aliphatic carbocycles. The SMILES string of the molecule is CS(=O)(=O)NCc1cc(F)cc(-c2cccc3[nH]c(-c4[nH]nc5ncc(-c6cncc(NC(=O)Cc7ccccc7)c6)cc45)cc23)c1. The number of anilines is 1. The van der Waals surface area contributed by atoms with Gasteiger partial charge in [0.1, 0.15) is 5.82 Å². The molecule has 0 aliphatic rings. The molecule has 4 N–H and O–H groups in total. The summed E-state index contributed by atoms with van der Waals surface area (Å²) in [6.07, 6.45) is 6.35. The molecule has 0 radical (unpaired) electrons. The maximum atomic E-state index is 14.7. The van der Waals surface area contributed by atoms with Gasteiger partial charge in [-0.25, -0.2) is 22.5 Å². The van der Waals surface area contributed by atoms with Crippen LogP contribution in [0.5, 0.6) is 0 Å². The minimum atomic E-state index is -3.44. The van der Waals surface area contributed by atoms with Gasteiger partial charge in [0, 0.05) is 46.4 Å². The largest absolute Gasteiger partial charge is 0.353 e. The highest BCUT2D eigenvalue weighted by Crippen LogP contribution is 2.35. The molecule has 0 aliphatic heterocycles. The zero-order chi connectivity index (χ0) is 32.5. The van der Waals surface area contributed by atoms with Crippen molar-refractivity contribution in [1.29, 1.82) is 0 Å². The summed E-state index contributed by atoms with van der Waals surface area (Å²) in [7, 11) is -3.44. The standard InChI is InChI=1S/C35H28FN7O3S/c1-47(45,46)39-17-22-10-23(13-26(36)11-22)28-8-5-9-31-29(28)16-32(41-31)34-30-15-25(19-38-35(30)43-42-34)24-14-27(20-37-18-24)40-33(44)12-21-6-3-2-4-7-21/h2-11,13-16,18-20,39,41H,12,17H2,1H3,(H,40,44)(H,38,42,43). The Hall–Kier alpha value is -5.72. The van der Waals surface area contributed by atoms with Crippen LogP contribution in [0.15, 0.2) is 104 Å². The number of nitrogens with one attached hydrogen (secondary N) is 4. The van der Waals surface area contributed by atoms with Crippen LogP contribution in [0, 0.1) is 5.82 Å². The van der Waals surface area contributed by atoms with Crippen molar-refractivity contribution < 1.29 is 17.6 Å². The van der Waals surface area contributed by atoms with Gasteiger partial charge in [0.25, 0.3) is 0 Å². The number of amides is 1. The molecule has 7 rings (SSSR count). The third-order valence-corrected chi connectivity index (χ3v) is 8.38. The van der Waals surface area contributed by atoms with E-state index in [1.54, 1.807) is 24.7 Å². The molecule has 7 aromatic rings. The highest BCUT2D eigenvalue weighted by molar-refractivity contribution is 7.88. The molecule has 4 aromatic heterocycles. The number of carbonyl (C=O) groups is 1. The molecule has 0 spiro atoms. The summed E-state index contributed by atoms with van der Waals surface area (Å²) in [6.45, 7) is -0.0219. The Balaban J connectivity index is 1.20. The summed E-state index contributed by atoms with van der Waals surface area (Å²) in [6, 6.07) is 25.5. The molecule has 0 saturated carbocycles. The number of halogens is 1. The van der Waals surface area contributed by atoms with Gasteiger partial charge in [-0.15, -0.1) is 0 Å². The lowest BCUT2D eigenvalue weighted by atomic mass is 9.99. The van der Waals surface area contributed by atoms with Crippen LogP contribution in [0.4, 0.5) is 10.1 Å². The van der Waals surface area contributed by atoms with Crippen molar-refractivity contribution in [3.63, 3.8) is 0 Å². The molecule has 3 aromatic carbocycles. The predicted molar refractivity (Wildman–Crippen MR) is 180 cm³/mol. The van der Waals surface area contributed by atoms with E-state index in [9.17, 15) is 17.6 Å². The zero-order valence-electron chi connectivity index (χ0n) is 25.1. The molecule has 4 heterocycles. The number of benzene rings is 3. The molecule has 10 nitrogen and oxygen atoms in total. The van der Waals surface area contributed by atoms with Gasteiger partial charge in [-0.2, -0.15) is 5.10 Å². The Bertz CT molecular complexity index is 2390. The van der Waals surface area contributed by atoms with Crippen molar-refractivity contribution in [3.8, 4) is 33.6 Å². The predicted octanol–water partition coefficient (Wildman–Crippen LogP) is 6.20. The zero-order valence-corrected chi connectivity index (χ0v) is 25.9. The summed E-state index contributed by atoms with van der Waals surface area (Å²) in [4.78, 5) is 25.0. The highest BCUT2D eigenvalue weighted by Gasteiger charge is 2.16. The first-order valence-corrected chi connectivity index (χ1v) is 16.6. The molecule has 0 unspecified atom stereocenters. The quantitative estimate of drug-likeness (QED) is 0.147. The second kappa shape index (κ2) is 12.2. The molecule has 0 saturated heterocycles. The van der Waals surface area contributed by atoms with Gasteiger partial charge in [-0.05, 0) is 64.7 Å². The van der Waals surface area contributed by atoms with Gasteiger partial charge in [0.2, 0.25) is 15.9 Å². The third kappa shape index (κ3) is 6.64. The van der Waals surface area contributed by atoms with Gasteiger partial charge in [0.15, 0.2) is 5.65 Å². The lowest BCUT2D eigenvalue weighted by Crippen LogP contribution is -2.21. The van der Waals surface area contributed by atoms with Gasteiger partial charge >= 0.3 is 0 Å². The van der Waals surface area contributed by atoms with E-state index >= 15 is 0 Å². The smallest absolute Gasteiger partial charge is 0.228 e. The Morgan fingerprint density at radius 2 is 1.68 bits per heavy atom. The van der Waals surface area contributed by atoms with Crippen molar-refractivity contribution >= 4 is 43.6 Å². The third-order valence-electron chi connectivity index (χ3n) is 7.71. The van der Waals surface area contributed by atoms with Crippen LogP contribution in [-0.4, -0.2) is 45.7 Å². The van der Waals surface area contributed by atoms with Crippen LogP contribution < -0.4 is 10.0 Å². The Morgan fingerprint density at radius 3 is 2.51 bits per heavy atom. The van der Waals surface area contributed by atoms with Crippen molar-refractivity contribution in [1.82, 2.24) is 29.9 Å². The van der Waals surface area contributed by atoms with Crippen molar-refractivity contribution in [2.75, 3.05) is 11.6 Å². The Kier molecular flexibility index (Phi) is 7.80. The van der Waals surface area contributed by atoms with E-state index in [4.69, 9.17) is 0 Å². The number of hydrogen-bond acceptors (Lipinski definition) is 6. The fourth-order valence-corrected chi connectivity index (χ4v) is 6.01. The molecule has 0 bridgehead atoms. The normalized spacial score (nSPS) is 11.7. The molecule has 0 atom stereocenters. The number of H-pyrrole nitrogens is 2. The molecule has 0 fully saturated rings. The molecule has 47 heavy (non-hydrogen) atoms. The first-order valence-electron chi connectivity index (χ1n) is 14.7. The van der Waals surface area contributed by atoms with Crippen molar-refractivity contribution in [2.24, 2.45) is 0 Å². The maximum Gasteiger partial charge on any atom is 0.228 e. The number of pyridine rings is 2. The van der Waals surface area contributed by atoms with E-state index in [1.807, 2.05) is 66.7 Å². The Labute approximate surface area is 269 Å². The maximum absolute atomic E-state index is 14.7. The second-order valence-corrected chi connectivity index (χ2v) is 13.1. The average Bonchev–Trinajstić information content (AvgIpc) is 3.68. The van der Waals surface area contributed by atoms with Gasteiger partial charge in [0.05, 0.1) is 35.9 Å². The van der Waals surface area contributed by atoms with E-state index in [1.165, 1.54) is 12.1 Å². The van der Waals surface area contributed by atoms with E-state index in [-0.39, 0.29) is 18.9 Å². The molecule has 234 valence electrons. The number of aromatic amines is 2. The van der Waals surface area contributed by atoms with Crippen LogP contribution in [0.2, 0.25) is 0 Å². The number of fused-ring (bicyclic) bond motifs is 2. The minimum Gasteiger partial charge on any atom is -0.353 e. The lowest BCUT2D eigenvalue weighted by molar-refractivity contribution is -0.115. The van der Waals surface area contributed by atoms with Crippen molar-refractivity contribution in [3.05, 3.63) is 120 Å². The molecular weight excluding hydrogens is 617 g/mol. The number of hydrogen-bond donors (Lipinski definition) is 4. The van der Waals surface area contributed by atoms with Crippen LogP contribution in [0.3, 0.4) is 0 Å². The summed E-state index contributed by atoms with van der Waals surface area (Å²) in [5, 5.41) is 12.1. The van der Waals surface area contributed by atoms with Crippen molar-refractivity contribution in [2.45, 2.75) is 13.0 Å². The number of carbonyl (C=O) groups excluding carboxylic acids is 1. The first kappa shape index (κ1) is 30.0. The van der Waals surface area contributed by atoms with Gasteiger partial charge in [-0.3, -0.25) is 14.9 Å². The lowest BCUT2D eigenvalue weighted by Gasteiger charge is -2.08. The molecule has 1 amide bonds. The summed E-state index contributed by atoms with van der Waals surface area (Å²) < 4.78 is 40.3. The fourth-order valence-electron chi connectivity index (χ4n) is 5.58. The number of sulfonamides is 1. The van der Waals surface area contributed by atoms with E-state index in [0.717, 1.165) is 50.5 Å². The van der Waals surface area contributed by atoms with E-state index in [0.29, 0.717) is 28.2 Å². The van der Waals surface area contributed by atoms with Crippen LogP contribution in [-0.2, 0) is 27.8 Å². The number of nitrogens with zero attached hydrogens (tertiary/aromatic N) is 3. The second-order valence-electron chi connectivity index (χ2n) is 11.3. The topological polar surface area (TPSA) is 146 Å². The monoisotopic (exact) mass is 645 g/mol. The summed E-state index contributed by atoms with van der Waals surface area (Å²) >= 11 is 0. The van der Waals surface area contributed by atoms with Crippen LogP contribution in [0.25, 0.3) is 55.6 Å². The van der Waals surface area contributed by atoms with E-state index < -0.39 is 15.8 Å². The Morgan fingerprint density at radius 1 is 0.851 bits per heavy atom. The molecular formula is C35H28FN7O3S. The fraction of sp³-hybridized carbons (Fsp3) is 0.0857. The number of rotatable bonds is 9. The van der Waals surface area contributed by atoms with Gasteiger partial charge < -0.3 is 10.3 Å². The van der Waals surface area contributed by atoms with E-state index in [2.05, 4.69) is 35.2 Å². The first-order chi connectivity index (χ1) is 22.7. The minimum absolute atomic E-state index is 0.0219. The highest BCUT2D eigenvalue weighted by atomic mass is 32.2. The van der Waals surface area contributed by atoms with Crippen LogP contribution >= 0.6 is 0 Å². The summed E-state index contributed by atoms with van der Waals surface area (Å²) in [5.41, 5.74) is 7.79.